The van der Waals surface area contributed by atoms with Crippen molar-refractivity contribution in [1.82, 2.24) is 4.57 Å². The number of amides is 1. The summed E-state index contributed by atoms with van der Waals surface area (Å²) in [4.78, 5) is 36.4. The van der Waals surface area contributed by atoms with Gasteiger partial charge in [-0.25, -0.2) is 17.6 Å². The third-order valence-corrected chi connectivity index (χ3v) is 7.73. The molecule has 0 aliphatic heterocycles. The summed E-state index contributed by atoms with van der Waals surface area (Å²) in [6.45, 7) is -0.224. The molecule has 0 aliphatic rings. The van der Waals surface area contributed by atoms with Crippen molar-refractivity contribution >= 4 is 33.1 Å². The van der Waals surface area contributed by atoms with Gasteiger partial charge in [-0.2, -0.15) is 8.78 Å². The Balaban J connectivity index is 1.68. The molecule has 3 aromatic carbocycles. The highest BCUT2D eigenvalue weighted by atomic mass is 32.2. The molecule has 4 aromatic rings. The number of non-ortho nitro benzene ring substituents is 1. The second-order valence-corrected chi connectivity index (χ2v) is 12.0. The molecule has 15 heteroatoms. The lowest BCUT2D eigenvalue weighted by Crippen LogP contribution is -2.19. The van der Waals surface area contributed by atoms with Gasteiger partial charge in [-0.05, 0) is 68.4 Å². The van der Waals surface area contributed by atoms with Crippen LogP contribution in [0, 0.1) is 22.9 Å². The van der Waals surface area contributed by atoms with Crippen LogP contribution in [-0.4, -0.2) is 48.8 Å². The molecule has 1 N–H and O–H groups in total. The van der Waals surface area contributed by atoms with Crippen molar-refractivity contribution in [3.05, 3.63) is 111 Å². The summed E-state index contributed by atoms with van der Waals surface area (Å²) in [5.74, 6) is -2.77. The number of carbonyl (C=O) groups excluding carboxylic acids is 2. The van der Waals surface area contributed by atoms with E-state index in [1.54, 1.807) is 6.92 Å². The average molecular weight is 646 g/mol. The fraction of sp³-hybridized carbons (Fsp3) is 0.200. The molecule has 0 unspecified atom stereocenters. The molecule has 4 rings (SSSR count). The number of hydrogen-bond donors (Lipinski definition) is 1. The maximum atomic E-state index is 14.0. The Labute approximate surface area is 255 Å². The number of nitro groups is 1. The molecule has 0 bridgehead atoms. The molecule has 0 spiro atoms. The third kappa shape index (κ3) is 7.86. The summed E-state index contributed by atoms with van der Waals surface area (Å²) in [7, 11) is -3.47. The smallest absolute Gasteiger partial charge is 0.387 e. The fourth-order valence-corrected chi connectivity index (χ4v) is 5.17. The number of carbonyl (C=O) groups is 2. The molecule has 0 saturated carbocycles. The molecule has 0 saturated heterocycles. The maximum Gasteiger partial charge on any atom is 0.387 e. The predicted molar refractivity (Wildman–Crippen MR) is 156 cm³/mol. The zero-order valence-electron chi connectivity index (χ0n) is 24.0. The minimum absolute atomic E-state index is 0.0188. The number of anilines is 1. The molecular formula is C30H26F3N3O8S. The number of halogens is 3. The van der Waals surface area contributed by atoms with Crippen LogP contribution >= 0.6 is 0 Å². The van der Waals surface area contributed by atoms with Gasteiger partial charge in [0.2, 0.25) is 0 Å². The Hall–Kier alpha value is -5.18. The van der Waals surface area contributed by atoms with Crippen molar-refractivity contribution in [3.63, 3.8) is 0 Å². The zero-order chi connectivity index (χ0) is 33.1. The largest absolute Gasteiger partial charge is 0.459 e. The molecule has 1 heterocycles. The number of esters is 1. The van der Waals surface area contributed by atoms with Crippen molar-refractivity contribution in [1.29, 1.82) is 0 Å². The van der Waals surface area contributed by atoms with Crippen LogP contribution in [0.2, 0.25) is 0 Å². The van der Waals surface area contributed by atoms with E-state index in [4.69, 9.17) is 4.74 Å². The number of nitro benzene ring substituents is 1. The van der Waals surface area contributed by atoms with Crippen molar-refractivity contribution in [3.8, 4) is 11.4 Å². The first kappa shape index (κ1) is 32.7. The first-order valence-corrected chi connectivity index (χ1v) is 15.1. The van der Waals surface area contributed by atoms with E-state index in [2.05, 4.69) is 10.1 Å². The Morgan fingerprint density at radius 1 is 1.02 bits per heavy atom. The molecule has 1 atom stereocenters. The standard InChI is InChI=1S/C30H26F3N3O8S/c1-17(43-29(38)19-4-9-22(10-5-19)36(39)40)14-23-16-25(28(37)34-21-7-11-24(12-8-21)45(3,41)42)18(2)35(23)26-13-6-20(31)15-27(26)44-30(32)33/h4-13,15-17,30H,14H2,1-3H3,(H,34,37)/t17-/m0/s1. The number of sulfone groups is 1. The molecule has 1 amide bonds. The number of alkyl halides is 2. The second kappa shape index (κ2) is 13.2. The highest BCUT2D eigenvalue weighted by Crippen LogP contribution is 2.32. The molecule has 0 radical (unpaired) electrons. The summed E-state index contributed by atoms with van der Waals surface area (Å²) in [5.41, 5.74) is 0.719. The molecule has 45 heavy (non-hydrogen) atoms. The number of nitrogens with one attached hydrogen (secondary N) is 1. The van der Waals surface area contributed by atoms with Gasteiger partial charge in [0.05, 0.1) is 26.6 Å². The molecule has 236 valence electrons. The van der Waals surface area contributed by atoms with Gasteiger partial charge in [-0.15, -0.1) is 0 Å². The van der Waals surface area contributed by atoms with E-state index in [1.165, 1.54) is 60.0 Å². The number of benzene rings is 3. The van der Waals surface area contributed by atoms with Gasteiger partial charge in [-0.3, -0.25) is 14.9 Å². The number of nitrogens with zero attached hydrogens (tertiary/aromatic N) is 2. The van der Waals surface area contributed by atoms with Gasteiger partial charge in [0, 0.05) is 48.0 Å². The highest BCUT2D eigenvalue weighted by Gasteiger charge is 2.25. The van der Waals surface area contributed by atoms with E-state index < -0.39 is 50.9 Å². The van der Waals surface area contributed by atoms with Crippen LogP contribution in [0.25, 0.3) is 5.69 Å². The average Bonchev–Trinajstić information content (AvgIpc) is 3.27. The van der Waals surface area contributed by atoms with Crippen molar-refractivity contribution in [2.75, 3.05) is 11.6 Å². The number of aromatic nitrogens is 1. The lowest BCUT2D eigenvalue weighted by atomic mass is 10.1. The van der Waals surface area contributed by atoms with Crippen LogP contribution in [-0.2, 0) is 21.0 Å². The first-order valence-electron chi connectivity index (χ1n) is 13.2. The monoisotopic (exact) mass is 645 g/mol. The molecule has 0 aliphatic carbocycles. The third-order valence-electron chi connectivity index (χ3n) is 6.61. The number of hydrogen-bond acceptors (Lipinski definition) is 8. The van der Waals surface area contributed by atoms with Crippen LogP contribution in [0.4, 0.5) is 24.5 Å². The van der Waals surface area contributed by atoms with Crippen LogP contribution < -0.4 is 10.1 Å². The topological polar surface area (TPSA) is 147 Å². The normalized spacial score (nSPS) is 12.1. The number of rotatable bonds is 11. The summed E-state index contributed by atoms with van der Waals surface area (Å²) in [5, 5.41) is 13.6. The lowest BCUT2D eigenvalue weighted by Gasteiger charge is -2.19. The second-order valence-electron chi connectivity index (χ2n) is 9.94. The Bertz CT molecular complexity index is 1860. The van der Waals surface area contributed by atoms with Crippen LogP contribution in [0.1, 0.15) is 39.0 Å². The summed E-state index contributed by atoms with van der Waals surface area (Å²) >= 11 is 0. The molecule has 1 aromatic heterocycles. The quantitative estimate of drug-likeness (QED) is 0.121. The van der Waals surface area contributed by atoms with Crippen LogP contribution in [0.5, 0.6) is 5.75 Å². The zero-order valence-corrected chi connectivity index (χ0v) is 24.8. The Morgan fingerprint density at radius 3 is 2.24 bits per heavy atom. The summed E-state index contributed by atoms with van der Waals surface area (Å²) in [6, 6.07) is 14.6. The maximum absolute atomic E-state index is 14.0. The lowest BCUT2D eigenvalue weighted by molar-refractivity contribution is -0.384. The van der Waals surface area contributed by atoms with E-state index in [-0.39, 0.29) is 45.2 Å². The van der Waals surface area contributed by atoms with E-state index in [1.807, 2.05) is 0 Å². The van der Waals surface area contributed by atoms with Gasteiger partial charge < -0.3 is 19.4 Å². The van der Waals surface area contributed by atoms with Gasteiger partial charge in [0.1, 0.15) is 11.9 Å². The van der Waals surface area contributed by atoms with E-state index in [9.17, 15) is 41.3 Å². The van der Waals surface area contributed by atoms with Crippen molar-refractivity contribution in [2.45, 2.75) is 37.9 Å². The van der Waals surface area contributed by atoms with Crippen LogP contribution in [0.3, 0.4) is 0 Å². The van der Waals surface area contributed by atoms with Gasteiger partial charge in [0.25, 0.3) is 11.6 Å². The van der Waals surface area contributed by atoms with E-state index in [0.29, 0.717) is 5.69 Å². The number of ether oxygens (including phenoxy) is 2. The van der Waals surface area contributed by atoms with Crippen molar-refractivity contribution < 1.29 is 45.6 Å². The summed E-state index contributed by atoms with van der Waals surface area (Å²) < 4.78 is 75.6. The minimum Gasteiger partial charge on any atom is -0.459 e. The fourth-order valence-electron chi connectivity index (χ4n) is 4.54. The first-order chi connectivity index (χ1) is 21.1. The van der Waals surface area contributed by atoms with Gasteiger partial charge in [0.15, 0.2) is 15.6 Å². The van der Waals surface area contributed by atoms with Crippen molar-refractivity contribution in [2.24, 2.45) is 0 Å². The highest BCUT2D eigenvalue weighted by molar-refractivity contribution is 7.90. The van der Waals surface area contributed by atoms with Gasteiger partial charge >= 0.3 is 12.6 Å². The van der Waals surface area contributed by atoms with E-state index in [0.717, 1.165) is 30.5 Å². The van der Waals surface area contributed by atoms with E-state index >= 15 is 0 Å². The predicted octanol–water partition coefficient (Wildman–Crippen LogP) is 5.88. The van der Waals surface area contributed by atoms with Gasteiger partial charge in [-0.1, -0.05) is 0 Å². The Kier molecular flexibility index (Phi) is 9.61. The molecular weight excluding hydrogens is 619 g/mol. The minimum atomic E-state index is -3.47. The summed E-state index contributed by atoms with van der Waals surface area (Å²) in [6.07, 6.45) is 0.126. The SMILES string of the molecule is Cc1c(C(=O)Nc2ccc(S(C)(=O)=O)cc2)cc(C[C@H](C)OC(=O)c2ccc([N+](=O)[O-])cc2)n1-c1ccc(F)cc1OC(F)F. The Morgan fingerprint density at radius 2 is 1.67 bits per heavy atom. The van der Waals surface area contributed by atoms with Crippen LogP contribution in [0.15, 0.2) is 77.7 Å². The molecule has 11 nitrogen and oxygen atoms in total. The molecule has 0 fully saturated rings.